The van der Waals surface area contributed by atoms with Crippen molar-refractivity contribution in [3.8, 4) is 11.1 Å². The predicted octanol–water partition coefficient (Wildman–Crippen LogP) is 2.09. The normalized spacial score (nSPS) is 12.2. The number of aromatic amines is 1. The number of aromatic nitrogens is 2. The molecule has 0 spiro atoms. The predicted molar refractivity (Wildman–Crippen MR) is 96.2 cm³/mol. The molecule has 6 heteroatoms. The molecule has 0 aliphatic rings. The van der Waals surface area contributed by atoms with Gasteiger partial charge in [0.15, 0.2) is 0 Å². The molecule has 6 nitrogen and oxygen atoms in total. The van der Waals surface area contributed by atoms with E-state index in [-0.39, 0.29) is 19.1 Å². The van der Waals surface area contributed by atoms with E-state index in [0.29, 0.717) is 18.5 Å². The summed E-state index contributed by atoms with van der Waals surface area (Å²) in [4.78, 5) is 19.4. The molecule has 0 saturated heterocycles. The zero-order chi connectivity index (χ0) is 17.6. The highest BCUT2D eigenvalue weighted by atomic mass is 16.3. The Labute approximate surface area is 145 Å². The molecule has 0 aliphatic heterocycles. The Balaban J connectivity index is 1.71. The molecule has 1 atom stereocenters. The van der Waals surface area contributed by atoms with Crippen molar-refractivity contribution < 1.29 is 15.0 Å². The maximum atomic E-state index is 12.2. The highest BCUT2D eigenvalue weighted by Crippen LogP contribution is 2.24. The van der Waals surface area contributed by atoms with Gasteiger partial charge in [0.2, 0.25) is 0 Å². The number of carbonyl (C=O) groups excluding carboxylic acids is 1. The average Bonchev–Trinajstić information content (AvgIpc) is 3.08. The molecule has 1 amide bonds. The number of aliphatic hydroxyl groups excluding tert-OH is 2. The van der Waals surface area contributed by atoms with E-state index in [0.717, 1.165) is 22.0 Å². The number of carbonyl (C=O) groups is 1. The first kappa shape index (κ1) is 17.1. The van der Waals surface area contributed by atoms with Gasteiger partial charge in [-0.3, -0.25) is 9.78 Å². The second kappa shape index (κ2) is 7.92. The monoisotopic (exact) mass is 339 g/mol. The van der Waals surface area contributed by atoms with Crippen LogP contribution >= 0.6 is 0 Å². The van der Waals surface area contributed by atoms with Gasteiger partial charge in [-0.2, -0.15) is 0 Å². The van der Waals surface area contributed by atoms with Gasteiger partial charge in [0.25, 0.3) is 5.91 Å². The van der Waals surface area contributed by atoms with E-state index in [1.807, 2.05) is 30.3 Å². The number of amides is 1. The minimum Gasteiger partial charge on any atom is -0.396 e. The SMILES string of the molecule is O=C(NCC(O)CCCO)c1cc2ccc(-c3ccncc3)cc2[nH]1. The van der Waals surface area contributed by atoms with Gasteiger partial charge in [0, 0.05) is 36.4 Å². The molecule has 0 fully saturated rings. The lowest BCUT2D eigenvalue weighted by Gasteiger charge is -2.10. The topological polar surface area (TPSA) is 98.2 Å². The zero-order valence-electron chi connectivity index (χ0n) is 13.8. The number of benzene rings is 1. The minimum atomic E-state index is -0.654. The van der Waals surface area contributed by atoms with E-state index in [2.05, 4.69) is 15.3 Å². The lowest BCUT2D eigenvalue weighted by Crippen LogP contribution is -2.32. The molecular formula is C19H21N3O3. The van der Waals surface area contributed by atoms with Crippen LogP contribution in [0.2, 0.25) is 0 Å². The Morgan fingerprint density at radius 3 is 2.72 bits per heavy atom. The van der Waals surface area contributed by atoms with Crippen LogP contribution in [0.25, 0.3) is 22.0 Å². The number of hydrogen-bond donors (Lipinski definition) is 4. The molecule has 130 valence electrons. The molecule has 0 aliphatic carbocycles. The molecule has 2 heterocycles. The summed E-state index contributed by atoms with van der Waals surface area (Å²) in [6.07, 6.45) is 3.81. The Kier molecular flexibility index (Phi) is 5.42. The van der Waals surface area contributed by atoms with E-state index in [1.165, 1.54) is 0 Å². The van der Waals surface area contributed by atoms with E-state index in [9.17, 15) is 9.90 Å². The number of hydrogen-bond acceptors (Lipinski definition) is 4. The molecule has 0 radical (unpaired) electrons. The first-order chi connectivity index (χ1) is 12.2. The van der Waals surface area contributed by atoms with Crippen LogP contribution in [0.5, 0.6) is 0 Å². The first-order valence-electron chi connectivity index (χ1n) is 8.27. The van der Waals surface area contributed by atoms with Crippen LogP contribution in [0, 0.1) is 0 Å². The molecule has 2 aromatic heterocycles. The Hall–Kier alpha value is -2.70. The van der Waals surface area contributed by atoms with Gasteiger partial charge in [0.1, 0.15) is 5.69 Å². The van der Waals surface area contributed by atoms with Crippen molar-refractivity contribution in [2.45, 2.75) is 18.9 Å². The van der Waals surface area contributed by atoms with Crippen molar-refractivity contribution in [3.63, 3.8) is 0 Å². The van der Waals surface area contributed by atoms with Gasteiger partial charge in [-0.1, -0.05) is 12.1 Å². The van der Waals surface area contributed by atoms with E-state index >= 15 is 0 Å². The number of rotatable bonds is 7. The summed E-state index contributed by atoms with van der Waals surface area (Å²) < 4.78 is 0. The van der Waals surface area contributed by atoms with E-state index in [1.54, 1.807) is 18.5 Å². The number of fused-ring (bicyclic) bond motifs is 1. The first-order valence-corrected chi connectivity index (χ1v) is 8.27. The number of nitrogens with one attached hydrogen (secondary N) is 2. The molecule has 0 bridgehead atoms. The molecule has 4 N–H and O–H groups in total. The molecule has 1 aromatic carbocycles. The van der Waals surface area contributed by atoms with Crippen molar-refractivity contribution >= 4 is 16.8 Å². The van der Waals surface area contributed by atoms with Crippen LogP contribution in [0.15, 0.2) is 48.8 Å². The maximum absolute atomic E-state index is 12.2. The van der Waals surface area contributed by atoms with Crippen molar-refractivity contribution in [1.82, 2.24) is 15.3 Å². The van der Waals surface area contributed by atoms with Gasteiger partial charge in [-0.05, 0) is 48.2 Å². The number of aliphatic hydroxyl groups is 2. The molecular weight excluding hydrogens is 318 g/mol. The summed E-state index contributed by atoms with van der Waals surface area (Å²) >= 11 is 0. The number of nitrogens with zero attached hydrogens (tertiary/aromatic N) is 1. The van der Waals surface area contributed by atoms with Crippen LogP contribution < -0.4 is 5.32 Å². The van der Waals surface area contributed by atoms with Crippen molar-refractivity contribution in [2.24, 2.45) is 0 Å². The lowest BCUT2D eigenvalue weighted by atomic mass is 10.1. The number of pyridine rings is 1. The van der Waals surface area contributed by atoms with Crippen LogP contribution in [-0.4, -0.2) is 45.3 Å². The third kappa shape index (κ3) is 4.23. The van der Waals surface area contributed by atoms with Gasteiger partial charge in [-0.25, -0.2) is 0 Å². The van der Waals surface area contributed by atoms with Crippen molar-refractivity contribution in [2.75, 3.05) is 13.2 Å². The van der Waals surface area contributed by atoms with Gasteiger partial charge >= 0.3 is 0 Å². The Bertz CT molecular complexity index is 846. The van der Waals surface area contributed by atoms with Crippen LogP contribution in [0.3, 0.4) is 0 Å². The molecule has 3 aromatic rings. The summed E-state index contributed by atoms with van der Waals surface area (Å²) in [5.74, 6) is -0.260. The third-order valence-corrected chi connectivity index (χ3v) is 4.07. The van der Waals surface area contributed by atoms with E-state index < -0.39 is 6.10 Å². The van der Waals surface area contributed by atoms with Gasteiger partial charge in [-0.15, -0.1) is 0 Å². The Morgan fingerprint density at radius 2 is 1.96 bits per heavy atom. The van der Waals surface area contributed by atoms with Crippen LogP contribution in [0.1, 0.15) is 23.3 Å². The fourth-order valence-corrected chi connectivity index (χ4v) is 2.71. The summed E-state index contributed by atoms with van der Waals surface area (Å²) in [5.41, 5.74) is 3.43. The number of H-pyrrole nitrogens is 1. The summed E-state index contributed by atoms with van der Waals surface area (Å²) in [5, 5.41) is 22.1. The average molecular weight is 339 g/mol. The molecule has 3 rings (SSSR count). The Morgan fingerprint density at radius 1 is 1.16 bits per heavy atom. The van der Waals surface area contributed by atoms with E-state index in [4.69, 9.17) is 5.11 Å². The quantitative estimate of drug-likeness (QED) is 0.530. The summed E-state index contributed by atoms with van der Waals surface area (Å²) in [7, 11) is 0. The van der Waals surface area contributed by atoms with Gasteiger partial charge in [0.05, 0.1) is 6.10 Å². The van der Waals surface area contributed by atoms with Crippen molar-refractivity contribution in [1.29, 1.82) is 0 Å². The van der Waals surface area contributed by atoms with Crippen LogP contribution in [0.4, 0.5) is 0 Å². The molecule has 0 saturated carbocycles. The zero-order valence-corrected chi connectivity index (χ0v) is 13.8. The lowest BCUT2D eigenvalue weighted by molar-refractivity contribution is 0.0900. The van der Waals surface area contributed by atoms with Crippen LogP contribution in [-0.2, 0) is 0 Å². The molecule has 25 heavy (non-hydrogen) atoms. The highest BCUT2D eigenvalue weighted by molar-refractivity contribution is 5.98. The standard InChI is InChI=1S/C19H21N3O3/c23-9-1-2-16(24)12-21-19(25)18-11-15-4-3-14(10-17(15)22-18)13-5-7-20-8-6-13/h3-8,10-11,16,22-24H,1-2,9,12H2,(H,21,25). The fraction of sp³-hybridized carbons (Fsp3) is 0.263. The highest BCUT2D eigenvalue weighted by Gasteiger charge is 2.12. The smallest absolute Gasteiger partial charge is 0.267 e. The fourth-order valence-electron chi connectivity index (χ4n) is 2.71. The minimum absolute atomic E-state index is 0.0346. The molecule has 1 unspecified atom stereocenters. The van der Waals surface area contributed by atoms with Gasteiger partial charge < -0.3 is 20.5 Å². The second-order valence-electron chi connectivity index (χ2n) is 5.95. The largest absolute Gasteiger partial charge is 0.396 e. The second-order valence-corrected chi connectivity index (χ2v) is 5.95. The maximum Gasteiger partial charge on any atom is 0.267 e. The summed E-state index contributed by atoms with van der Waals surface area (Å²) in [6.45, 7) is 0.198. The summed E-state index contributed by atoms with van der Waals surface area (Å²) in [6, 6.07) is 11.6. The van der Waals surface area contributed by atoms with Crippen molar-refractivity contribution in [3.05, 3.63) is 54.5 Å². The third-order valence-electron chi connectivity index (χ3n) is 4.07.